The maximum absolute atomic E-state index is 12.0. The van der Waals surface area contributed by atoms with Crippen LogP contribution in [-0.4, -0.2) is 29.7 Å². The molecule has 1 aliphatic heterocycles. The fraction of sp³-hybridized carbons (Fsp3) is 0.353. The van der Waals surface area contributed by atoms with Gasteiger partial charge in [-0.15, -0.1) is 0 Å². The van der Waals surface area contributed by atoms with Gasteiger partial charge < -0.3 is 20.1 Å². The van der Waals surface area contributed by atoms with Gasteiger partial charge in [-0.05, 0) is 31.0 Å². The third-order valence-corrected chi connectivity index (χ3v) is 3.54. The molecule has 1 amide bonds. The van der Waals surface area contributed by atoms with E-state index in [1.807, 2.05) is 0 Å². The molecule has 3 rings (SSSR count). The van der Waals surface area contributed by atoms with Crippen molar-refractivity contribution >= 4 is 23.5 Å². The molecule has 1 heterocycles. The van der Waals surface area contributed by atoms with E-state index < -0.39 is 17.7 Å². The van der Waals surface area contributed by atoms with Crippen LogP contribution in [0.15, 0.2) is 36.0 Å². The van der Waals surface area contributed by atoms with Gasteiger partial charge in [0, 0.05) is 37.3 Å². The lowest BCUT2D eigenvalue weighted by Gasteiger charge is -2.29. The number of amides is 1. The molecule has 0 bridgehead atoms. The van der Waals surface area contributed by atoms with E-state index in [9.17, 15) is 14.4 Å². The summed E-state index contributed by atoms with van der Waals surface area (Å²) >= 11 is 0. The van der Waals surface area contributed by atoms with Crippen molar-refractivity contribution in [3.63, 3.8) is 0 Å². The van der Waals surface area contributed by atoms with Crippen molar-refractivity contribution in [3.8, 4) is 0 Å². The fourth-order valence-electron chi connectivity index (χ4n) is 2.18. The largest absolute Gasteiger partial charge is 0.419 e. The molecule has 0 unspecified atom stereocenters. The first-order valence-corrected chi connectivity index (χ1v) is 7.68. The molecule has 2 aliphatic rings. The van der Waals surface area contributed by atoms with Crippen molar-refractivity contribution < 1.29 is 23.9 Å². The molecular weight excluding hydrogens is 312 g/mol. The minimum absolute atomic E-state index is 0.146. The summed E-state index contributed by atoms with van der Waals surface area (Å²) in [4.78, 5) is 35.7. The van der Waals surface area contributed by atoms with Gasteiger partial charge in [0.05, 0.1) is 0 Å². The Hall–Kier alpha value is -2.83. The molecule has 1 aliphatic carbocycles. The normalized spacial score (nSPS) is 19.2. The van der Waals surface area contributed by atoms with Crippen LogP contribution in [0.5, 0.6) is 0 Å². The molecule has 7 nitrogen and oxygen atoms in total. The molecule has 1 saturated heterocycles. The van der Waals surface area contributed by atoms with Crippen molar-refractivity contribution in [2.24, 2.45) is 0 Å². The van der Waals surface area contributed by atoms with Crippen LogP contribution in [0.2, 0.25) is 0 Å². The summed E-state index contributed by atoms with van der Waals surface area (Å²) in [6, 6.07) is 7.03. The van der Waals surface area contributed by atoms with Crippen LogP contribution in [0, 0.1) is 0 Å². The van der Waals surface area contributed by atoms with Crippen LogP contribution in [0.4, 0.5) is 5.69 Å². The summed E-state index contributed by atoms with van der Waals surface area (Å²) < 4.78 is 10.0. The van der Waals surface area contributed by atoms with Crippen LogP contribution >= 0.6 is 0 Å². The third-order valence-electron chi connectivity index (χ3n) is 3.54. The van der Waals surface area contributed by atoms with E-state index in [1.54, 1.807) is 24.3 Å². The van der Waals surface area contributed by atoms with Gasteiger partial charge in [0.1, 0.15) is 0 Å². The second kappa shape index (κ2) is 5.99. The summed E-state index contributed by atoms with van der Waals surface area (Å²) in [5, 5.41) is 5.72. The quantitative estimate of drug-likeness (QED) is 0.496. The Balaban J connectivity index is 1.70. The predicted molar refractivity (Wildman–Crippen MR) is 84.9 cm³/mol. The van der Waals surface area contributed by atoms with Gasteiger partial charge in [-0.25, -0.2) is 9.59 Å². The molecule has 0 spiro atoms. The summed E-state index contributed by atoms with van der Waals surface area (Å²) in [5.41, 5.74) is 0.832. The summed E-state index contributed by atoms with van der Waals surface area (Å²) in [5.74, 6) is -2.93. The predicted octanol–water partition coefficient (Wildman–Crippen LogP) is 1.71. The highest BCUT2D eigenvalue weighted by Crippen LogP contribution is 2.23. The van der Waals surface area contributed by atoms with Gasteiger partial charge in [-0.2, -0.15) is 0 Å². The number of ether oxygens (including phenoxy) is 2. The van der Waals surface area contributed by atoms with Gasteiger partial charge in [0.25, 0.3) is 11.7 Å². The molecule has 126 valence electrons. The molecule has 1 saturated carbocycles. The van der Waals surface area contributed by atoms with Gasteiger partial charge in [-0.3, -0.25) is 4.79 Å². The zero-order chi connectivity index (χ0) is 17.3. The van der Waals surface area contributed by atoms with Crippen LogP contribution in [0.1, 0.15) is 37.0 Å². The molecule has 1 aromatic rings. The third kappa shape index (κ3) is 3.73. The van der Waals surface area contributed by atoms with E-state index in [0.717, 1.165) is 12.8 Å². The lowest BCUT2D eigenvalue weighted by Crippen LogP contribution is -2.42. The average Bonchev–Trinajstić information content (AvgIpc) is 3.29. The Labute approximate surface area is 139 Å². The highest BCUT2D eigenvalue weighted by Gasteiger charge is 2.38. The molecule has 7 heteroatoms. The number of carbonyl (C=O) groups excluding carboxylic acids is 3. The van der Waals surface area contributed by atoms with Gasteiger partial charge in [-0.1, -0.05) is 6.07 Å². The smallest absolute Gasteiger partial charge is 0.350 e. The van der Waals surface area contributed by atoms with E-state index in [-0.39, 0.29) is 17.5 Å². The Morgan fingerprint density at radius 1 is 1.21 bits per heavy atom. The minimum Gasteiger partial charge on any atom is -0.419 e. The van der Waals surface area contributed by atoms with Gasteiger partial charge in [0.2, 0.25) is 0 Å². The Morgan fingerprint density at radius 2 is 1.88 bits per heavy atom. The first-order chi connectivity index (χ1) is 11.3. The molecule has 24 heavy (non-hydrogen) atoms. The fourth-order valence-corrected chi connectivity index (χ4v) is 2.18. The van der Waals surface area contributed by atoms with E-state index >= 15 is 0 Å². The maximum atomic E-state index is 12.0. The molecule has 0 radical (unpaired) electrons. The number of carbonyl (C=O) groups is 3. The van der Waals surface area contributed by atoms with E-state index in [2.05, 4.69) is 10.6 Å². The number of hydrogen-bond donors (Lipinski definition) is 2. The monoisotopic (exact) mass is 330 g/mol. The molecule has 1 aromatic carbocycles. The lowest BCUT2D eigenvalue weighted by atomic mass is 10.2. The second-order valence-corrected chi connectivity index (χ2v) is 6.21. The van der Waals surface area contributed by atoms with Crippen molar-refractivity contribution in [1.82, 2.24) is 5.32 Å². The van der Waals surface area contributed by atoms with E-state index in [0.29, 0.717) is 11.3 Å². The van der Waals surface area contributed by atoms with Crippen molar-refractivity contribution in [2.45, 2.75) is 38.5 Å². The second-order valence-electron chi connectivity index (χ2n) is 6.21. The van der Waals surface area contributed by atoms with Crippen LogP contribution in [0.3, 0.4) is 0 Å². The van der Waals surface area contributed by atoms with Crippen LogP contribution < -0.4 is 10.6 Å². The van der Waals surface area contributed by atoms with Crippen molar-refractivity contribution in [3.05, 3.63) is 41.6 Å². The SMILES string of the molecule is CC1(C)OC(=O)C(=CNc2cccc(C(=O)NC3CC3)c2)C(=O)O1. The van der Waals surface area contributed by atoms with Crippen LogP contribution in [-0.2, 0) is 19.1 Å². The molecule has 0 aromatic heterocycles. The van der Waals surface area contributed by atoms with E-state index in [1.165, 1.54) is 20.0 Å². The van der Waals surface area contributed by atoms with Crippen LogP contribution in [0.25, 0.3) is 0 Å². The Kier molecular flexibility index (Phi) is 4.01. The maximum Gasteiger partial charge on any atom is 0.350 e. The molecule has 2 fully saturated rings. The Bertz CT molecular complexity index is 712. The summed E-state index contributed by atoms with van der Waals surface area (Å²) in [6.07, 6.45) is 3.24. The number of esters is 2. The first kappa shape index (κ1) is 16.0. The number of benzene rings is 1. The first-order valence-electron chi connectivity index (χ1n) is 7.68. The van der Waals surface area contributed by atoms with Gasteiger partial charge >= 0.3 is 11.9 Å². The highest BCUT2D eigenvalue weighted by molar-refractivity contribution is 6.15. The standard InChI is InChI=1S/C17H18N2O5/c1-17(2)23-15(21)13(16(22)24-17)9-18-12-5-3-4-10(8-12)14(20)19-11-6-7-11/h3-5,8-9,11,18H,6-7H2,1-2H3,(H,19,20). The number of rotatable bonds is 4. The van der Waals surface area contributed by atoms with E-state index in [4.69, 9.17) is 9.47 Å². The number of cyclic esters (lactones) is 2. The molecule has 2 N–H and O–H groups in total. The summed E-state index contributed by atoms with van der Waals surface area (Å²) in [6.45, 7) is 2.96. The molecular formula is C17H18N2O5. The minimum atomic E-state index is -1.27. The zero-order valence-corrected chi connectivity index (χ0v) is 13.4. The number of anilines is 1. The lowest BCUT2D eigenvalue weighted by molar-refractivity contribution is -0.222. The van der Waals surface area contributed by atoms with Gasteiger partial charge in [0.15, 0.2) is 5.57 Å². The molecule has 0 atom stereocenters. The number of nitrogens with one attached hydrogen (secondary N) is 2. The number of hydrogen-bond acceptors (Lipinski definition) is 6. The average molecular weight is 330 g/mol. The van der Waals surface area contributed by atoms with Crippen molar-refractivity contribution in [2.75, 3.05) is 5.32 Å². The Morgan fingerprint density at radius 3 is 2.50 bits per heavy atom. The zero-order valence-electron chi connectivity index (χ0n) is 13.4. The highest BCUT2D eigenvalue weighted by atomic mass is 16.7. The summed E-state index contributed by atoms with van der Waals surface area (Å²) in [7, 11) is 0. The van der Waals surface area contributed by atoms with Crippen molar-refractivity contribution in [1.29, 1.82) is 0 Å². The topological polar surface area (TPSA) is 93.7 Å².